The third-order valence-corrected chi connectivity index (χ3v) is 5.68. The molecule has 1 amide bonds. The van der Waals surface area contributed by atoms with Gasteiger partial charge in [0.25, 0.3) is 0 Å². The molecule has 1 saturated heterocycles. The second-order valence-corrected chi connectivity index (χ2v) is 7.35. The van der Waals surface area contributed by atoms with Crippen molar-refractivity contribution in [3.05, 3.63) is 71.3 Å². The van der Waals surface area contributed by atoms with Crippen LogP contribution in [0.4, 0.5) is 0 Å². The van der Waals surface area contributed by atoms with Gasteiger partial charge in [0.05, 0.1) is 17.4 Å². The zero-order valence-electron chi connectivity index (χ0n) is 14.2. The van der Waals surface area contributed by atoms with Crippen molar-refractivity contribution in [3.8, 4) is 6.07 Å². The van der Waals surface area contributed by atoms with Gasteiger partial charge in [0.15, 0.2) is 0 Å². The van der Waals surface area contributed by atoms with Crippen LogP contribution in [-0.2, 0) is 10.5 Å². The molecule has 4 heteroatoms. The number of benzene rings is 2. The van der Waals surface area contributed by atoms with E-state index in [-0.39, 0.29) is 5.91 Å². The molecular formula is C21H22N2OS. The van der Waals surface area contributed by atoms with Gasteiger partial charge >= 0.3 is 0 Å². The lowest BCUT2D eigenvalue weighted by Crippen LogP contribution is -2.38. The highest BCUT2D eigenvalue weighted by molar-refractivity contribution is 7.99. The van der Waals surface area contributed by atoms with Crippen LogP contribution in [0.3, 0.4) is 0 Å². The lowest BCUT2D eigenvalue weighted by molar-refractivity contribution is -0.129. The summed E-state index contributed by atoms with van der Waals surface area (Å²) in [6, 6.07) is 20.3. The average molecular weight is 350 g/mol. The Bertz CT molecular complexity index is 729. The maximum atomic E-state index is 12.4. The maximum absolute atomic E-state index is 12.4. The Balaban J connectivity index is 1.41. The number of amides is 1. The van der Waals surface area contributed by atoms with E-state index in [0.29, 0.717) is 17.2 Å². The topological polar surface area (TPSA) is 44.1 Å². The minimum Gasteiger partial charge on any atom is -0.342 e. The Morgan fingerprint density at radius 1 is 1.08 bits per heavy atom. The van der Waals surface area contributed by atoms with Gasteiger partial charge in [0.2, 0.25) is 5.91 Å². The largest absolute Gasteiger partial charge is 0.342 e. The maximum Gasteiger partial charge on any atom is 0.232 e. The summed E-state index contributed by atoms with van der Waals surface area (Å²) < 4.78 is 0. The standard InChI is InChI=1S/C21H22N2OS/c22-14-17-6-8-18(9-7-17)15-25-16-21(24)23-12-10-20(11-13-23)19-4-2-1-3-5-19/h1-9,20H,10-13,15-16H2. The highest BCUT2D eigenvalue weighted by Crippen LogP contribution is 2.28. The predicted octanol–water partition coefficient (Wildman–Crippen LogP) is 4.20. The zero-order chi connectivity index (χ0) is 17.5. The Morgan fingerprint density at radius 3 is 2.40 bits per heavy atom. The molecule has 25 heavy (non-hydrogen) atoms. The number of carbonyl (C=O) groups excluding carboxylic acids is 1. The predicted molar refractivity (Wildman–Crippen MR) is 102 cm³/mol. The monoisotopic (exact) mass is 350 g/mol. The van der Waals surface area contributed by atoms with Crippen LogP contribution in [0.1, 0.15) is 35.4 Å². The third kappa shape index (κ3) is 4.87. The molecule has 0 bridgehead atoms. The molecule has 2 aromatic carbocycles. The quantitative estimate of drug-likeness (QED) is 0.812. The smallest absolute Gasteiger partial charge is 0.232 e. The van der Waals surface area contributed by atoms with Crippen molar-refractivity contribution >= 4 is 17.7 Å². The van der Waals surface area contributed by atoms with E-state index in [1.807, 2.05) is 35.2 Å². The Hall–Kier alpha value is -2.25. The summed E-state index contributed by atoms with van der Waals surface area (Å²) in [4.78, 5) is 14.4. The molecule has 0 atom stereocenters. The molecule has 0 aliphatic carbocycles. The molecule has 2 aromatic rings. The number of hydrogen-bond donors (Lipinski definition) is 0. The molecule has 0 saturated carbocycles. The van der Waals surface area contributed by atoms with Crippen LogP contribution in [0.25, 0.3) is 0 Å². The van der Waals surface area contributed by atoms with E-state index in [1.165, 1.54) is 5.56 Å². The van der Waals surface area contributed by atoms with Gasteiger partial charge < -0.3 is 4.90 Å². The first-order valence-corrected chi connectivity index (χ1v) is 9.81. The van der Waals surface area contributed by atoms with E-state index in [0.717, 1.165) is 37.2 Å². The second-order valence-electron chi connectivity index (χ2n) is 6.37. The third-order valence-electron chi connectivity index (χ3n) is 4.70. The molecule has 128 valence electrons. The molecular weight excluding hydrogens is 328 g/mol. The molecule has 1 aliphatic heterocycles. The summed E-state index contributed by atoms with van der Waals surface area (Å²) in [7, 11) is 0. The molecule has 3 nitrogen and oxygen atoms in total. The van der Waals surface area contributed by atoms with E-state index in [9.17, 15) is 4.79 Å². The zero-order valence-corrected chi connectivity index (χ0v) is 15.0. The van der Waals surface area contributed by atoms with E-state index < -0.39 is 0 Å². The Kier molecular flexibility index (Phi) is 6.14. The number of carbonyl (C=O) groups is 1. The van der Waals surface area contributed by atoms with Crippen LogP contribution in [-0.4, -0.2) is 29.6 Å². The average Bonchev–Trinajstić information content (AvgIpc) is 2.69. The first-order valence-electron chi connectivity index (χ1n) is 8.66. The van der Waals surface area contributed by atoms with Gasteiger partial charge in [-0.1, -0.05) is 42.5 Å². The van der Waals surface area contributed by atoms with Crippen LogP contribution < -0.4 is 0 Å². The van der Waals surface area contributed by atoms with Gasteiger partial charge in [-0.05, 0) is 42.0 Å². The molecule has 1 fully saturated rings. The van der Waals surface area contributed by atoms with E-state index in [4.69, 9.17) is 5.26 Å². The SMILES string of the molecule is N#Cc1ccc(CSCC(=O)N2CCC(c3ccccc3)CC2)cc1. The van der Waals surface area contributed by atoms with Crippen LogP contribution in [0.15, 0.2) is 54.6 Å². The number of rotatable bonds is 5. The fourth-order valence-corrected chi connectivity index (χ4v) is 4.10. The Labute approximate surface area is 153 Å². The fourth-order valence-electron chi connectivity index (χ4n) is 3.21. The van der Waals surface area contributed by atoms with E-state index in [2.05, 4.69) is 30.3 Å². The first kappa shape index (κ1) is 17.6. The molecule has 0 aromatic heterocycles. The van der Waals surface area contributed by atoms with Gasteiger partial charge in [-0.15, -0.1) is 11.8 Å². The number of nitrogens with zero attached hydrogens (tertiary/aromatic N) is 2. The molecule has 1 aliphatic rings. The van der Waals surface area contributed by atoms with E-state index in [1.54, 1.807) is 11.8 Å². The summed E-state index contributed by atoms with van der Waals surface area (Å²) in [5, 5.41) is 8.81. The number of piperidine rings is 1. The van der Waals surface area contributed by atoms with Crippen molar-refractivity contribution in [1.82, 2.24) is 4.90 Å². The van der Waals surface area contributed by atoms with Gasteiger partial charge in [-0.2, -0.15) is 5.26 Å². The van der Waals surface area contributed by atoms with Gasteiger partial charge in [-0.25, -0.2) is 0 Å². The summed E-state index contributed by atoms with van der Waals surface area (Å²) in [5.41, 5.74) is 3.22. The van der Waals surface area contributed by atoms with Crippen LogP contribution in [0.5, 0.6) is 0 Å². The van der Waals surface area contributed by atoms with Gasteiger partial charge in [0, 0.05) is 18.8 Å². The molecule has 3 rings (SSSR count). The Morgan fingerprint density at radius 2 is 1.76 bits per heavy atom. The molecule has 0 unspecified atom stereocenters. The van der Waals surface area contributed by atoms with Crippen molar-refractivity contribution < 1.29 is 4.79 Å². The molecule has 1 heterocycles. The van der Waals surface area contributed by atoms with Crippen molar-refractivity contribution in [2.24, 2.45) is 0 Å². The van der Waals surface area contributed by atoms with Crippen molar-refractivity contribution in [2.75, 3.05) is 18.8 Å². The lowest BCUT2D eigenvalue weighted by atomic mass is 9.89. The highest BCUT2D eigenvalue weighted by Gasteiger charge is 2.23. The number of thioether (sulfide) groups is 1. The number of hydrogen-bond acceptors (Lipinski definition) is 3. The van der Waals surface area contributed by atoms with Crippen LogP contribution >= 0.6 is 11.8 Å². The summed E-state index contributed by atoms with van der Waals surface area (Å²) >= 11 is 1.64. The van der Waals surface area contributed by atoms with E-state index >= 15 is 0 Å². The van der Waals surface area contributed by atoms with Gasteiger partial charge in [0.1, 0.15) is 0 Å². The lowest BCUT2D eigenvalue weighted by Gasteiger charge is -2.32. The minimum atomic E-state index is 0.241. The van der Waals surface area contributed by atoms with Gasteiger partial charge in [-0.3, -0.25) is 4.79 Å². The molecule has 0 N–H and O–H groups in total. The normalized spacial score (nSPS) is 14.9. The second kappa shape index (κ2) is 8.73. The van der Waals surface area contributed by atoms with Crippen molar-refractivity contribution in [1.29, 1.82) is 5.26 Å². The minimum absolute atomic E-state index is 0.241. The van der Waals surface area contributed by atoms with Crippen molar-refractivity contribution in [3.63, 3.8) is 0 Å². The van der Waals surface area contributed by atoms with Crippen LogP contribution in [0, 0.1) is 11.3 Å². The van der Waals surface area contributed by atoms with Crippen molar-refractivity contribution in [2.45, 2.75) is 24.5 Å². The highest BCUT2D eigenvalue weighted by atomic mass is 32.2. The summed E-state index contributed by atoms with van der Waals surface area (Å²) in [6.45, 7) is 1.71. The molecule has 0 spiro atoms. The van der Waals surface area contributed by atoms with Crippen LogP contribution in [0.2, 0.25) is 0 Å². The number of likely N-dealkylation sites (tertiary alicyclic amines) is 1. The summed E-state index contributed by atoms with van der Waals surface area (Å²) in [6.07, 6.45) is 2.10. The summed E-state index contributed by atoms with van der Waals surface area (Å²) in [5.74, 6) is 2.15. The fraction of sp³-hybridized carbons (Fsp3) is 0.333. The first-order chi connectivity index (χ1) is 12.3. The molecule has 0 radical (unpaired) electrons. The number of nitriles is 1.